The highest BCUT2D eigenvalue weighted by atomic mass is 32.1. The number of aromatic nitrogens is 4. The lowest BCUT2D eigenvalue weighted by Crippen LogP contribution is -2.13. The van der Waals surface area contributed by atoms with Crippen molar-refractivity contribution in [1.29, 1.82) is 0 Å². The van der Waals surface area contributed by atoms with Crippen molar-refractivity contribution in [3.8, 4) is 21.8 Å². The molecule has 6 nitrogen and oxygen atoms in total. The third-order valence-electron chi connectivity index (χ3n) is 6.18. The van der Waals surface area contributed by atoms with Crippen molar-refractivity contribution in [2.45, 2.75) is 13.8 Å². The van der Waals surface area contributed by atoms with Gasteiger partial charge in [-0.2, -0.15) is 5.10 Å². The zero-order valence-corrected chi connectivity index (χ0v) is 20.9. The molecule has 0 saturated heterocycles. The van der Waals surface area contributed by atoms with Crippen LogP contribution in [0.25, 0.3) is 42.9 Å². The lowest BCUT2D eigenvalue weighted by molar-refractivity contribution is 0.102. The number of anilines is 1. The van der Waals surface area contributed by atoms with Gasteiger partial charge in [0.15, 0.2) is 0 Å². The molecule has 176 valence electrons. The van der Waals surface area contributed by atoms with Crippen LogP contribution in [0.4, 0.5) is 5.69 Å². The highest BCUT2D eigenvalue weighted by Crippen LogP contribution is 2.32. The normalized spacial score (nSPS) is 11.3. The number of hydrogen-bond donors (Lipinski definition) is 1. The number of nitrogens with zero attached hydrogens (tertiary/aromatic N) is 4. The number of rotatable bonds is 4. The molecule has 6 rings (SSSR count). The molecule has 0 fully saturated rings. The number of carbonyl (C=O) groups excluding carboxylic acids is 1. The van der Waals surface area contributed by atoms with Gasteiger partial charge >= 0.3 is 0 Å². The Hall–Kier alpha value is -4.36. The lowest BCUT2D eigenvalue weighted by Gasteiger charge is -2.11. The minimum absolute atomic E-state index is 0.181. The monoisotopic (exact) mass is 489 g/mol. The number of thiazole rings is 1. The summed E-state index contributed by atoms with van der Waals surface area (Å²) in [5.41, 5.74) is 7.82. The van der Waals surface area contributed by atoms with Crippen LogP contribution < -0.4 is 5.32 Å². The van der Waals surface area contributed by atoms with E-state index < -0.39 is 0 Å². The molecule has 0 bridgehead atoms. The Bertz CT molecular complexity index is 1760. The maximum Gasteiger partial charge on any atom is 0.256 e. The molecule has 1 N–H and O–H groups in total. The summed E-state index contributed by atoms with van der Waals surface area (Å²) in [4.78, 5) is 23.0. The van der Waals surface area contributed by atoms with Crippen molar-refractivity contribution in [3.63, 3.8) is 0 Å². The molecule has 1 amide bonds. The fourth-order valence-electron chi connectivity index (χ4n) is 4.40. The molecule has 0 aliphatic heterocycles. The van der Waals surface area contributed by atoms with Crippen LogP contribution in [-0.4, -0.2) is 25.7 Å². The Morgan fingerprint density at radius 1 is 0.917 bits per heavy atom. The maximum atomic E-state index is 13.4. The molecule has 0 saturated carbocycles. The van der Waals surface area contributed by atoms with Crippen LogP contribution in [0, 0.1) is 13.8 Å². The molecule has 3 heterocycles. The molecule has 3 aromatic carbocycles. The largest absolute Gasteiger partial charge is 0.322 e. The van der Waals surface area contributed by atoms with Gasteiger partial charge in [-0.3, -0.25) is 9.48 Å². The van der Waals surface area contributed by atoms with Crippen molar-refractivity contribution in [3.05, 3.63) is 95.8 Å². The third-order valence-corrected chi connectivity index (χ3v) is 7.25. The van der Waals surface area contributed by atoms with Crippen LogP contribution >= 0.6 is 11.3 Å². The maximum absolute atomic E-state index is 13.4. The standard InChI is InChI=1S/C29H23N5OS/c1-17-8-13-25-27(14-17)36-29(32-25)19-9-11-20(12-10-19)30-28(35)22-15-26(23-16-34(3)33-18(23)2)31-24-7-5-4-6-21(22)24/h4-16H,1-3H3,(H,30,35). The molecular formula is C29H23N5OS. The molecule has 6 aromatic rings. The fourth-order valence-corrected chi connectivity index (χ4v) is 5.47. The molecule has 0 spiro atoms. The Labute approximate surface area is 212 Å². The van der Waals surface area contributed by atoms with Gasteiger partial charge in [0.2, 0.25) is 0 Å². The summed E-state index contributed by atoms with van der Waals surface area (Å²) < 4.78 is 2.93. The number of hydrogen-bond acceptors (Lipinski definition) is 5. The minimum Gasteiger partial charge on any atom is -0.322 e. The number of fused-ring (bicyclic) bond motifs is 2. The van der Waals surface area contributed by atoms with E-state index in [0.29, 0.717) is 5.56 Å². The summed E-state index contributed by atoms with van der Waals surface area (Å²) in [5.74, 6) is -0.181. The lowest BCUT2D eigenvalue weighted by atomic mass is 10.0. The minimum atomic E-state index is -0.181. The van der Waals surface area contributed by atoms with E-state index in [1.165, 1.54) is 10.3 Å². The van der Waals surface area contributed by atoms with E-state index in [4.69, 9.17) is 9.97 Å². The first-order valence-corrected chi connectivity index (χ1v) is 12.5. The van der Waals surface area contributed by atoms with E-state index >= 15 is 0 Å². The third kappa shape index (κ3) is 4.03. The molecule has 3 aromatic heterocycles. The van der Waals surface area contributed by atoms with Crippen molar-refractivity contribution >= 4 is 44.1 Å². The highest BCUT2D eigenvalue weighted by Gasteiger charge is 2.17. The topological polar surface area (TPSA) is 72.7 Å². The molecule has 7 heteroatoms. The first kappa shape index (κ1) is 22.1. The number of benzene rings is 3. The van der Waals surface area contributed by atoms with E-state index in [1.54, 1.807) is 16.0 Å². The van der Waals surface area contributed by atoms with Crippen LogP contribution in [0.3, 0.4) is 0 Å². The molecule has 0 aliphatic rings. The van der Waals surface area contributed by atoms with Gasteiger partial charge in [-0.05, 0) is 67.9 Å². The predicted octanol–water partition coefficient (Wildman–Crippen LogP) is 6.78. The smallest absolute Gasteiger partial charge is 0.256 e. The summed E-state index contributed by atoms with van der Waals surface area (Å²) >= 11 is 1.67. The van der Waals surface area contributed by atoms with Crippen molar-refractivity contribution in [1.82, 2.24) is 19.7 Å². The second-order valence-corrected chi connectivity index (χ2v) is 9.93. The van der Waals surface area contributed by atoms with Gasteiger partial charge < -0.3 is 5.32 Å². The number of aryl methyl sites for hydroxylation is 3. The van der Waals surface area contributed by atoms with E-state index in [0.717, 1.165) is 49.6 Å². The van der Waals surface area contributed by atoms with E-state index in [1.807, 2.05) is 74.8 Å². The summed E-state index contributed by atoms with van der Waals surface area (Å²) in [5, 5.41) is 9.26. The van der Waals surface area contributed by atoms with Crippen LogP contribution in [0.5, 0.6) is 0 Å². The number of pyridine rings is 1. The zero-order chi connectivity index (χ0) is 24.8. The van der Waals surface area contributed by atoms with Crippen LogP contribution in [0.1, 0.15) is 21.6 Å². The molecule has 0 unspecified atom stereocenters. The van der Waals surface area contributed by atoms with Gasteiger partial charge in [0.1, 0.15) is 5.01 Å². The van der Waals surface area contributed by atoms with Gasteiger partial charge in [-0.15, -0.1) is 11.3 Å². The van der Waals surface area contributed by atoms with Gasteiger partial charge in [0, 0.05) is 35.4 Å². The molecule has 0 radical (unpaired) electrons. The summed E-state index contributed by atoms with van der Waals surface area (Å²) in [6, 6.07) is 23.7. The molecule has 0 aliphatic carbocycles. The Morgan fingerprint density at radius 2 is 1.72 bits per heavy atom. The van der Waals surface area contributed by atoms with Crippen LogP contribution in [0.15, 0.2) is 79.0 Å². The fraction of sp³-hybridized carbons (Fsp3) is 0.103. The summed E-state index contributed by atoms with van der Waals surface area (Å²) in [6.45, 7) is 4.03. The molecular weight excluding hydrogens is 466 g/mol. The van der Waals surface area contributed by atoms with Crippen molar-refractivity contribution in [2.24, 2.45) is 7.05 Å². The van der Waals surface area contributed by atoms with Gasteiger partial charge in [0.05, 0.1) is 32.7 Å². The second kappa shape index (κ2) is 8.70. The first-order chi connectivity index (χ1) is 17.4. The Kier molecular flexibility index (Phi) is 5.34. The average Bonchev–Trinajstić information content (AvgIpc) is 3.45. The van der Waals surface area contributed by atoms with Crippen LogP contribution in [-0.2, 0) is 7.05 Å². The Morgan fingerprint density at radius 3 is 2.50 bits per heavy atom. The van der Waals surface area contributed by atoms with Gasteiger partial charge in [-0.1, -0.05) is 24.3 Å². The van der Waals surface area contributed by atoms with Crippen molar-refractivity contribution < 1.29 is 4.79 Å². The first-order valence-electron chi connectivity index (χ1n) is 11.6. The zero-order valence-electron chi connectivity index (χ0n) is 20.1. The summed E-state index contributed by atoms with van der Waals surface area (Å²) in [6.07, 6.45) is 1.93. The average molecular weight is 490 g/mol. The van der Waals surface area contributed by atoms with Gasteiger partial charge in [0.25, 0.3) is 5.91 Å². The van der Waals surface area contributed by atoms with Gasteiger partial charge in [-0.25, -0.2) is 9.97 Å². The molecule has 0 atom stereocenters. The van der Waals surface area contributed by atoms with Crippen molar-refractivity contribution in [2.75, 3.05) is 5.32 Å². The van der Waals surface area contributed by atoms with E-state index in [-0.39, 0.29) is 5.91 Å². The van der Waals surface area contributed by atoms with E-state index in [2.05, 4.69) is 35.5 Å². The molecule has 36 heavy (non-hydrogen) atoms. The predicted molar refractivity (Wildman–Crippen MR) is 146 cm³/mol. The van der Waals surface area contributed by atoms with E-state index in [9.17, 15) is 4.79 Å². The number of nitrogens with one attached hydrogen (secondary N) is 1. The van der Waals surface area contributed by atoms with Crippen LogP contribution in [0.2, 0.25) is 0 Å². The SMILES string of the molecule is Cc1ccc2nc(-c3ccc(NC(=O)c4cc(-c5cn(C)nc5C)nc5ccccc45)cc3)sc2c1. The number of amides is 1. The number of carbonyl (C=O) groups is 1. The highest BCUT2D eigenvalue weighted by molar-refractivity contribution is 7.21. The number of para-hydroxylation sites is 1. The summed E-state index contributed by atoms with van der Waals surface area (Å²) in [7, 11) is 1.88. The second-order valence-electron chi connectivity index (χ2n) is 8.90. The Balaban J connectivity index is 1.31. The quantitative estimate of drug-likeness (QED) is 0.296.